The molecule has 0 saturated carbocycles. The molecule has 0 spiro atoms. The molecule has 0 saturated heterocycles. The van der Waals surface area contributed by atoms with Gasteiger partial charge in [0, 0.05) is 17.5 Å². The summed E-state index contributed by atoms with van der Waals surface area (Å²) in [7, 11) is 0. The first-order valence-corrected chi connectivity index (χ1v) is 8.03. The minimum Gasteiger partial charge on any atom is -0.507 e. The standard InChI is InChI=1S/C19H17NO7/c1-19(27,7-12(20)23)6-8-5-11(22)14-15(16(8)24)17(25)9-3-2-4-10(21)13(9)18(14)26/h2-5,21-22,24,27H,6-7H2,1H3,(H2,20,23). The van der Waals surface area contributed by atoms with Crippen LogP contribution in [0.4, 0.5) is 0 Å². The Labute approximate surface area is 153 Å². The number of benzene rings is 2. The molecule has 1 aliphatic carbocycles. The Morgan fingerprint density at radius 1 is 1.04 bits per heavy atom. The highest BCUT2D eigenvalue weighted by Crippen LogP contribution is 2.42. The van der Waals surface area contributed by atoms with Gasteiger partial charge in [0.15, 0.2) is 5.78 Å². The van der Waals surface area contributed by atoms with Crippen molar-refractivity contribution in [2.75, 3.05) is 0 Å². The molecule has 1 amide bonds. The molecule has 8 nitrogen and oxygen atoms in total. The van der Waals surface area contributed by atoms with E-state index in [0.717, 1.165) is 6.07 Å². The normalized spacial score (nSPS) is 15.0. The molecule has 0 radical (unpaired) electrons. The lowest BCUT2D eigenvalue weighted by Gasteiger charge is -2.25. The maximum Gasteiger partial charge on any atom is 0.220 e. The van der Waals surface area contributed by atoms with Gasteiger partial charge in [-0.1, -0.05) is 12.1 Å². The summed E-state index contributed by atoms with van der Waals surface area (Å²) in [6.45, 7) is 1.31. The van der Waals surface area contributed by atoms with Crippen molar-refractivity contribution in [1.29, 1.82) is 0 Å². The molecule has 0 bridgehead atoms. The molecular formula is C19H17NO7. The van der Waals surface area contributed by atoms with Crippen LogP contribution < -0.4 is 5.73 Å². The van der Waals surface area contributed by atoms with Gasteiger partial charge in [0.25, 0.3) is 0 Å². The first-order valence-electron chi connectivity index (χ1n) is 8.03. The van der Waals surface area contributed by atoms with Crippen LogP contribution in [0.2, 0.25) is 0 Å². The summed E-state index contributed by atoms with van der Waals surface area (Å²) in [5.41, 5.74) is 2.22. The fourth-order valence-corrected chi connectivity index (χ4v) is 3.37. The molecule has 0 fully saturated rings. The lowest BCUT2D eigenvalue weighted by Crippen LogP contribution is -2.33. The van der Waals surface area contributed by atoms with E-state index in [1.54, 1.807) is 0 Å². The SMILES string of the molecule is CC(O)(CC(N)=O)Cc1cc(O)c2c(c1O)C(=O)c1cccc(O)c1C2=O. The molecule has 27 heavy (non-hydrogen) atoms. The van der Waals surface area contributed by atoms with Crippen LogP contribution in [0.3, 0.4) is 0 Å². The topological polar surface area (TPSA) is 158 Å². The largest absolute Gasteiger partial charge is 0.507 e. The number of carbonyl (C=O) groups excluding carboxylic acids is 3. The van der Waals surface area contributed by atoms with Gasteiger partial charge in [0.2, 0.25) is 11.7 Å². The predicted molar refractivity (Wildman–Crippen MR) is 92.9 cm³/mol. The van der Waals surface area contributed by atoms with Crippen molar-refractivity contribution in [3.63, 3.8) is 0 Å². The van der Waals surface area contributed by atoms with Crippen LogP contribution >= 0.6 is 0 Å². The number of aromatic hydroxyl groups is 3. The zero-order chi connectivity index (χ0) is 20.1. The summed E-state index contributed by atoms with van der Waals surface area (Å²) >= 11 is 0. The molecule has 8 heteroatoms. The van der Waals surface area contributed by atoms with E-state index in [1.165, 1.54) is 25.1 Å². The minimum atomic E-state index is -1.64. The van der Waals surface area contributed by atoms with E-state index < -0.39 is 57.9 Å². The first-order chi connectivity index (χ1) is 12.5. The Kier molecular flexibility index (Phi) is 4.16. The van der Waals surface area contributed by atoms with Crippen molar-refractivity contribution in [3.05, 3.63) is 52.1 Å². The number of nitrogens with two attached hydrogens (primary N) is 1. The monoisotopic (exact) mass is 371 g/mol. The summed E-state index contributed by atoms with van der Waals surface area (Å²) in [6.07, 6.45) is -0.704. The molecule has 1 atom stereocenters. The number of amides is 1. The Bertz CT molecular complexity index is 1010. The second-order valence-corrected chi connectivity index (χ2v) is 6.83. The van der Waals surface area contributed by atoms with E-state index in [1.807, 2.05) is 0 Å². The zero-order valence-corrected chi connectivity index (χ0v) is 14.3. The quantitative estimate of drug-likeness (QED) is 0.423. The number of hydrogen-bond donors (Lipinski definition) is 5. The van der Waals surface area contributed by atoms with Crippen LogP contribution in [0.25, 0.3) is 0 Å². The van der Waals surface area contributed by atoms with Gasteiger partial charge in [-0.3, -0.25) is 14.4 Å². The van der Waals surface area contributed by atoms with Gasteiger partial charge in [-0.15, -0.1) is 0 Å². The number of phenolic OH excluding ortho intramolecular Hbond substituents is 3. The number of rotatable bonds is 4. The van der Waals surface area contributed by atoms with Crippen molar-refractivity contribution in [2.24, 2.45) is 5.73 Å². The van der Waals surface area contributed by atoms with E-state index in [2.05, 4.69) is 0 Å². The Hall–Kier alpha value is -3.39. The summed E-state index contributed by atoms with van der Waals surface area (Å²) in [5.74, 6) is -3.90. The third kappa shape index (κ3) is 3.00. The third-order valence-electron chi connectivity index (χ3n) is 4.45. The maximum atomic E-state index is 12.8. The van der Waals surface area contributed by atoms with Crippen molar-refractivity contribution in [3.8, 4) is 17.2 Å². The fraction of sp³-hybridized carbons (Fsp3) is 0.211. The molecule has 0 aromatic heterocycles. The smallest absolute Gasteiger partial charge is 0.220 e. The number of fused-ring (bicyclic) bond motifs is 2. The minimum absolute atomic E-state index is 0.0257. The maximum absolute atomic E-state index is 12.8. The van der Waals surface area contributed by atoms with E-state index in [4.69, 9.17) is 5.73 Å². The number of ketones is 2. The second kappa shape index (κ2) is 6.10. The molecule has 140 valence electrons. The van der Waals surface area contributed by atoms with E-state index in [-0.39, 0.29) is 23.1 Å². The van der Waals surface area contributed by atoms with Crippen LogP contribution in [0.15, 0.2) is 24.3 Å². The van der Waals surface area contributed by atoms with E-state index in [9.17, 15) is 34.8 Å². The van der Waals surface area contributed by atoms with Gasteiger partial charge >= 0.3 is 0 Å². The first kappa shape index (κ1) is 18.4. The Balaban J connectivity index is 2.17. The number of phenols is 3. The van der Waals surface area contributed by atoms with Gasteiger partial charge in [0.05, 0.1) is 28.7 Å². The van der Waals surface area contributed by atoms with Gasteiger partial charge < -0.3 is 26.2 Å². The predicted octanol–water partition coefficient (Wildman–Crippen LogP) is 0.748. The zero-order valence-electron chi connectivity index (χ0n) is 14.3. The fourth-order valence-electron chi connectivity index (χ4n) is 3.37. The number of hydrogen-bond acceptors (Lipinski definition) is 7. The highest BCUT2D eigenvalue weighted by Gasteiger charge is 2.38. The lowest BCUT2D eigenvalue weighted by molar-refractivity contribution is -0.122. The molecule has 3 rings (SSSR count). The van der Waals surface area contributed by atoms with Gasteiger partial charge in [0.1, 0.15) is 17.2 Å². The van der Waals surface area contributed by atoms with E-state index >= 15 is 0 Å². The molecular weight excluding hydrogens is 354 g/mol. The van der Waals surface area contributed by atoms with Crippen LogP contribution in [0.1, 0.15) is 50.8 Å². The summed E-state index contributed by atoms with van der Waals surface area (Å²) in [6, 6.07) is 4.98. The van der Waals surface area contributed by atoms with Crippen LogP contribution in [0, 0.1) is 0 Å². The molecule has 2 aromatic carbocycles. The Morgan fingerprint density at radius 2 is 1.70 bits per heavy atom. The third-order valence-corrected chi connectivity index (χ3v) is 4.45. The van der Waals surface area contributed by atoms with Gasteiger partial charge in [-0.2, -0.15) is 0 Å². The number of carbonyl (C=O) groups is 3. The van der Waals surface area contributed by atoms with Crippen molar-refractivity contribution < 1.29 is 34.8 Å². The lowest BCUT2D eigenvalue weighted by atomic mass is 9.80. The average Bonchev–Trinajstić information content (AvgIpc) is 2.53. The molecule has 0 heterocycles. The molecule has 2 aromatic rings. The Morgan fingerprint density at radius 3 is 2.33 bits per heavy atom. The molecule has 0 aliphatic heterocycles. The molecule has 1 unspecified atom stereocenters. The highest BCUT2D eigenvalue weighted by atomic mass is 16.3. The van der Waals surface area contributed by atoms with Gasteiger partial charge in [-0.05, 0) is 19.1 Å². The van der Waals surface area contributed by atoms with Crippen molar-refractivity contribution in [1.82, 2.24) is 0 Å². The number of primary amides is 1. The molecule has 1 aliphatic rings. The molecule has 6 N–H and O–H groups in total. The summed E-state index contributed by atoms with van der Waals surface area (Å²) in [5, 5.41) is 41.1. The van der Waals surface area contributed by atoms with Crippen LogP contribution in [-0.4, -0.2) is 43.5 Å². The van der Waals surface area contributed by atoms with Crippen molar-refractivity contribution >= 4 is 17.5 Å². The summed E-state index contributed by atoms with van der Waals surface area (Å²) in [4.78, 5) is 36.6. The van der Waals surface area contributed by atoms with Crippen molar-refractivity contribution in [2.45, 2.75) is 25.4 Å². The van der Waals surface area contributed by atoms with Crippen LogP contribution in [0.5, 0.6) is 17.2 Å². The van der Waals surface area contributed by atoms with E-state index in [0.29, 0.717) is 0 Å². The number of aliphatic hydroxyl groups is 1. The summed E-state index contributed by atoms with van der Waals surface area (Å²) < 4.78 is 0. The highest BCUT2D eigenvalue weighted by molar-refractivity contribution is 6.31. The average molecular weight is 371 g/mol. The van der Waals surface area contributed by atoms with Gasteiger partial charge in [-0.25, -0.2) is 0 Å². The second-order valence-electron chi connectivity index (χ2n) is 6.83. The van der Waals surface area contributed by atoms with Crippen LogP contribution in [-0.2, 0) is 11.2 Å².